The topological polar surface area (TPSA) is 73.8 Å². The Labute approximate surface area is 155 Å². The van der Waals surface area contributed by atoms with E-state index >= 15 is 0 Å². The molecule has 1 aromatic rings. The number of benzene rings is 1. The zero-order valence-corrected chi connectivity index (χ0v) is 16.8. The van der Waals surface area contributed by atoms with E-state index in [0.717, 1.165) is 35.9 Å². The van der Waals surface area contributed by atoms with Crippen LogP contribution in [0.3, 0.4) is 0 Å². The number of sulfonamides is 1. The van der Waals surface area contributed by atoms with Crippen molar-refractivity contribution < 1.29 is 8.42 Å². The lowest BCUT2D eigenvalue weighted by Crippen LogP contribution is -2.47. The minimum absolute atomic E-state index is 0.00636. The van der Waals surface area contributed by atoms with Gasteiger partial charge in [0.05, 0.1) is 5.75 Å². The molecule has 1 saturated heterocycles. The van der Waals surface area contributed by atoms with Crippen LogP contribution in [0.25, 0.3) is 0 Å². The maximum atomic E-state index is 11.7. The normalized spacial score (nSPS) is 19.1. The summed E-state index contributed by atoms with van der Waals surface area (Å²) in [6.45, 7) is 4.87. The van der Waals surface area contributed by atoms with E-state index in [-0.39, 0.29) is 5.75 Å². The van der Waals surface area contributed by atoms with Gasteiger partial charge in [0, 0.05) is 37.7 Å². The van der Waals surface area contributed by atoms with E-state index in [0.29, 0.717) is 11.8 Å². The number of rotatable bonds is 6. The fraction of sp³-hybridized carbons (Fsp3) is 0.588. The summed E-state index contributed by atoms with van der Waals surface area (Å²) >= 11 is 2.03. The lowest BCUT2D eigenvalue weighted by atomic mass is 10.1. The van der Waals surface area contributed by atoms with Crippen molar-refractivity contribution in [2.24, 2.45) is 4.99 Å². The van der Waals surface area contributed by atoms with Gasteiger partial charge in [-0.15, -0.1) is 0 Å². The Hall–Kier alpha value is -1.25. The Bertz CT molecular complexity index is 692. The Balaban J connectivity index is 1.97. The molecule has 0 aromatic heterocycles. The number of thioether (sulfide) groups is 1. The van der Waals surface area contributed by atoms with Crippen LogP contribution in [0.2, 0.25) is 0 Å². The maximum absolute atomic E-state index is 11.7. The third-order valence-electron chi connectivity index (χ3n) is 4.22. The molecule has 2 N–H and O–H groups in total. The quantitative estimate of drug-likeness (QED) is 0.576. The zero-order valence-electron chi connectivity index (χ0n) is 15.2. The molecule has 1 aromatic carbocycles. The average molecular weight is 385 g/mol. The Morgan fingerprint density at radius 2 is 2.16 bits per heavy atom. The summed E-state index contributed by atoms with van der Waals surface area (Å²) in [7, 11) is -0.0139. The second-order valence-corrected chi connectivity index (χ2v) is 9.37. The second-order valence-electron chi connectivity index (χ2n) is 6.03. The number of hydrogen-bond acceptors (Lipinski definition) is 4. The summed E-state index contributed by atoms with van der Waals surface area (Å²) < 4.78 is 25.8. The van der Waals surface area contributed by atoms with Crippen molar-refractivity contribution in [3.63, 3.8) is 0 Å². The van der Waals surface area contributed by atoms with E-state index < -0.39 is 10.0 Å². The van der Waals surface area contributed by atoms with Crippen molar-refractivity contribution in [1.82, 2.24) is 14.9 Å². The SMILES string of the molecule is CCC1CN(C(=NC)NCc2cccc(CS(=O)(=O)NC)c2)CCS1. The van der Waals surface area contributed by atoms with Gasteiger partial charge in [-0.05, 0) is 24.6 Å². The Morgan fingerprint density at radius 1 is 1.40 bits per heavy atom. The van der Waals surface area contributed by atoms with Crippen molar-refractivity contribution in [2.75, 3.05) is 32.9 Å². The minimum atomic E-state index is -3.26. The molecule has 25 heavy (non-hydrogen) atoms. The zero-order chi connectivity index (χ0) is 18.3. The van der Waals surface area contributed by atoms with Crippen LogP contribution in [0.4, 0.5) is 0 Å². The molecule has 1 atom stereocenters. The highest BCUT2D eigenvalue weighted by atomic mass is 32.2. The van der Waals surface area contributed by atoms with E-state index in [4.69, 9.17) is 0 Å². The molecular weight excluding hydrogens is 356 g/mol. The largest absolute Gasteiger partial charge is 0.352 e. The summed E-state index contributed by atoms with van der Waals surface area (Å²) in [5.41, 5.74) is 1.83. The maximum Gasteiger partial charge on any atom is 0.215 e. The van der Waals surface area contributed by atoms with E-state index in [1.54, 1.807) is 7.05 Å². The van der Waals surface area contributed by atoms with Crippen LogP contribution in [-0.4, -0.2) is 57.5 Å². The molecule has 140 valence electrons. The molecule has 0 bridgehead atoms. The van der Waals surface area contributed by atoms with Crippen LogP contribution in [-0.2, 0) is 22.3 Å². The third-order valence-corrected chi connectivity index (χ3v) is 6.92. The highest BCUT2D eigenvalue weighted by Gasteiger charge is 2.21. The highest BCUT2D eigenvalue weighted by molar-refractivity contribution is 8.00. The summed E-state index contributed by atoms with van der Waals surface area (Å²) in [6.07, 6.45) is 1.17. The number of guanidine groups is 1. The van der Waals surface area contributed by atoms with Crippen LogP contribution in [0.15, 0.2) is 29.3 Å². The van der Waals surface area contributed by atoms with E-state index in [9.17, 15) is 8.42 Å². The molecule has 0 aliphatic carbocycles. The van der Waals surface area contributed by atoms with Crippen molar-refractivity contribution >= 4 is 27.7 Å². The Kier molecular flexibility index (Phi) is 7.58. The fourth-order valence-corrected chi connectivity index (χ4v) is 4.74. The Morgan fingerprint density at radius 3 is 2.84 bits per heavy atom. The number of aliphatic imine (C=N–C) groups is 1. The molecule has 0 amide bonds. The van der Waals surface area contributed by atoms with Gasteiger partial charge in [0.15, 0.2) is 5.96 Å². The van der Waals surface area contributed by atoms with Crippen molar-refractivity contribution in [1.29, 1.82) is 0 Å². The predicted octanol–water partition coefficient (Wildman–Crippen LogP) is 1.64. The molecule has 0 spiro atoms. The van der Waals surface area contributed by atoms with E-state index in [1.807, 2.05) is 36.0 Å². The van der Waals surface area contributed by atoms with Gasteiger partial charge in [0.1, 0.15) is 0 Å². The van der Waals surface area contributed by atoms with Crippen molar-refractivity contribution in [3.8, 4) is 0 Å². The van der Waals surface area contributed by atoms with Crippen LogP contribution >= 0.6 is 11.8 Å². The first-order chi connectivity index (χ1) is 12.0. The molecule has 1 aliphatic heterocycles. The summed E-state index contributed by atoms with van der Waals surface area (Å²) in [4.78, 5) is 6.71. The minimum Gasteiger partial charge on any atom is -0.352 e. The van der Waals surface area contributed by atoms with Crippen LogP contribution in [0.1, 0.15) is 24.5 Å². The molecule has 1 aliphatic rings. The van der Waals surface area contributed by atoms with Gasteiger partial charge in [-0.1, -0.05) is 31.2 Å². The molecule has 0 saturated carbocycles. The van der Waals surface area contributed by atoms with Crippen molar-refractivity contribution in [3.05, 3.63) is 35.4 Å². The van der Waals surface area contributed by atoms with Crippen LogP contribution < -0.4 is 10.0 Å². The van der Waals surface area contributed by atoms with Gasteiger partial charge in [-0.3, -0.25) is 4.99 Å². The summed E-state index contributed by atoms with van der Waals surface area (Å²) in [6, 6.07) is 7.65. The van der Waals surface area contributed by atoms with Gasteiger partial charge in [0.2, 0.25) is 10.0 Å². The first kappa shape index (κ1) is 20.1. The van der Waals surface area contributed by atoms with Crippen molar-refractivity contribution in [2.45, 2.75) is 30.9 Å². The first-order valence-corrected chi connectivity index (χ1v) is 11.2. The lowest BCUT2D eigenvalue weighted by molar-refractivity contribution is 0.408. The molecule has 8 heteroatoms. The van der Waals surface area contributed by atoms with Gasteiger partial charge in [-0.25, -0.2) is 13.1 Å². The highest BCUT2D eigenvalue weighted by Crippen LogP contribution is 2.21. The van der Waals surface area contributed by atoms with E-state index in [1.165, 1.54) is 13.5 Å². The van der Waals surface area contributed by atoms with Crippen LogP contribution in [0, 0.1) is 0 Å². The fourth-order valence-electron chi connectivity index (χ4n) is 2.79. The molecular formula is C17H28N4O2S2. The number of nitrogens with zero attached hydrogens (tertiary/aromatic N) is 2. The molecule has 1 unspecified atom stereocenters. The van der Waals surface area contributed by atoms with E-state index in [2.05, 4.69) is 26.9 Å². The molecule has 2 rings (SSSR count). The van der Waals surface area contributed by atoms with Crippen LogP contribution in [0.5, 0.6) is 0 Å². The lowest BCUT2D eigenvalue weighted by Gasteiger charge is -2.34. The van der Waals surface area contributed by atoms with Gasteiger partial charge >= 0.3 is 0 Å². The summed E-state index contributed by atoms with van der Waals surface area (Å²) in [5.74, 6) is 2.02. The molecule has 1 heterocycles. The second kappa shape index (κ2) is 9.45. The number of hydrogen-bond donors (Lipinski definition) is 2. The molecule has 1 fully saturated rings. The standard InChI is InChI=1S/C17H28N4O2S2/c1-4-16-12-21(8-9-24-16)17(18-2)20-11-14-6-5-7-15(10-14)13-25(22,23)19-3/h5-7,10,16,19H,4,8-9,11-13H2,1-3H3,(H,18,20). The third kappa shape index (κ3) is 6.20. The average Bonchev–Trinajstić information content (AvgIpc) is 2.62. The molecule has 6 nitrogen and oxygen atoms in total. The van der Waals surface area contributed by atoms with Gasteiger partial charge in [0.25, 0.3) is 0 Å². The molecule has 0 radical (unpaired) electrons. The predicted molar refractivity (Wildman–Crippen MR) is 106 cm³/mol. The van der Waals surface area contributed by atoms with Gasteiger partial charge in [-0.2, -0.15) is 11.8 Å². The number of nitrogens with one attached hydrogen (secondary N) is 2. The van der Waals surface area contributed by atoms with Gasteiger partial charge < -0.3 is 10.2 Å². The first-order valence-electron chi connectivity index (χ1n) is 8.53. The summed E-state index contributed by atoms with van der Waals surface area (Å²) in [5, 5.41) is 4.06. The smallest absolute Gasteiger partial charge is 0.215 e. The monoisotopic (exact) mass is 384 g/mol.